The summed E-state index contributed by atoms with van der Waals surface area (Å²) < 4.78 is 5.83. The first kappa shape index (κ1) is 19.1. The van der Waals surface area contributed by atoms with E-state index >= 15 is 0 Å². The van der Waals surface area contributed by atoms with Crippen molar-refractivity contribution in [2.24, 2.45) is 0 Å². The first-order valence-corrected chi connectivity index (χ1v) is 9.84. The van der Waals surface area contributed by atoms with E-state index in [4.69, 9.17) is 4.74 Å². The lowest BCUT2D eigenvalue weighted by Crippen LogP contribution is -2.36. The number of nitrogens with zero attached hydrogens (tertiary/aromatic N) is 1. The van der Waals surface area contributed by atoms with Crippen LogP contribution in [0, 0.1) is 20.8 Å². The van der Waals surface area contributed by atoms with Gasteiger partial charge in [0.1, 0.15) is 10.8 Å². The summed E-state index contributed by atoms with van der Waals surface area (Å²) in [6.45, 7) is 8.24. The standard InChI is InChI=1S/C22H24N2O2S/c1-14-8-10-18(11-9-14)22-24-19(13-27-22)12-23-21(25)17(4)26-20-7-5-6-15(2)16(20)3/h5-11,13,17H,12H2,1-4H3,(H,23,25)/t17-/m0/s1. The van der Waals surface area contributed by atoms with Crippen LogP contribution in [-0.2, 0) is 11.3 Å². The van der Waals surface area contributed by atoms with Crippen molar-refractivity contribution in [2.45, 2.75) is 40.3 Å². The van der Waals surface area contributed by atoms with Crippen molar-refractivity contribution in [1.82, 2.24) is 10.3 Å². The van der Waals surface area contributed by atoms with Crippen molar-refractivity contribution in [3.63, 3.8) is 0 Å². The second kappa shape index (κ2) is 8.35. The fraction of sp³-hybridized carbons (Fsp3) is 0.273. The lowest BCUT2D eigenvalue weighted by atomic mass is 10.1. The van der Waals surface area contributed by atoms with Crippen LogP contribution in [0.2, 0.25) is 0 Å². The van der Waals surface area contributed by atoms with E-state index in [-0.39, 0.29) is 5.91 Å². The molecule has 140 valence electrons. The maximum Gasteiger partial charge on any atom is 0.261 e. The summed E-state index contributed by atoms with van der Waals surface area (Å²) in [6.07, 6.45) is -0.569. The summed E-state index contributed by atoms with van der Waals surface area (Å²) in [5.41, 5.74) is 5.36. The molecule has 5 heteroatoms. The molecular weight excluding hydrogens is 356 g/mol. The highest BCUT2D eigenvalue weighted by molar-refractivity contribution is 7.13. The van der Waals surface area contributed by atoms with Gasteiger partial charge >= 0.3 is 0 Å². The number of nitrogens with one attached hydrogen (secondary N) is 1. The molecule has 0 radical (unpaired) electrons. The van der Waals surface area contributed by atoms with Crippen molar-refractivity contribution in [1.29, 1.82) is 0 Å². The molecule has 1 amide bonds. The van der Waals surface area contributed by atoms with Crippen molar-refractivity contribution < 1.29 is 9.53 Å². The molecule has 0 bridgehead atoms. The number of amides is 1. The van der Waals surface area contributed by atoms with E-state index in [1.165, 1.54) is 5.56 Å². The predicted molar refractivity (Wildman–Crippen MR) is 110 cm³/mol. The first-order valence-electron chi connectivity index (χ1n) is 8.96. The third-order valence-corrected chi connectivity index (χ3v) is 5.46. The molecule has 1 aromatic heterocycles. The van der Waals surface area contributed by atoms with Gasteiger partial charge in [0.2, 0.25) is 0 Å². The lowest BCUT2D eigenvalue weighted by molar-refractivity contribution is -0.127. The van der Waals surface area contributed by atoms with Gasteiger partial charge < -0.3 is 10.1 Å². The molecule has 3 aromatic rings. The van der Waals surface area contributed by atoms with Crippen LogP contribution in [0.1, 0.15) is 29.3 Å². The molecule has 0 saturated heterocycles. The zero-order valence-electron chi connectivity index (χ0n) is 16.1. The van der Waals surface area contributed by atoms with Gasteiger partial charge in [-0.2, -0.15) is 0 Å². The van der Waals surface area contributed by atoms with Crippen LogP contribution < -0.4 is 10.1 Å². The number of ether oxygens (including phenoxy) is 1. The van der Waals surface area contributed by atoms with Crippen LogP contribution in [0.3, 0.4) is 0 Å². The van der Waals surface area contributed by atoms with Crippen LogP contribution in [-0.4, -0.2) is 17.0 Å². The highest BCUT2D eigenvalue weighted by atomic mass is 32.1. The van der Waals surface area contributed by atoms with Gasteiger partial charge in [0, 0.05) is 10.9 Å². The lowest BCUT2D eigenvalue weighted by Gasteiger charge is -2.16. The number of rotatable bonds is 6. The van der Waals surface area contributed by atoms with E-state index < -0.39 is 6.10 Å². The Hall–Kier alpha value is -2.66. The second-order valence-corrected chi connectivity index (χ2v) is 7.54. The van der Waals surface area contributed by atoms with E-state index in [0.29, 0.717) is 6.54 Å². The quantitative estimate of drug-likeness (QED) is 0.667. The minimum atomic E-state index is -0.569. The number of thiazole rings is 1. The zero-order chi connectivity index (χ0) is 19.4. The third-order valence-electron chi connectivity index (χ3n) is 4.52. The SMILES string of the molecule is Cc1ccc(-c2nc(CNC(=O)[C@H](C)Oc3cccc(C)c3C)cs2)cc1. The smallest absolute Gasteiger partial charge is 0.261 e. The molecule has 0 fully saturated rings. The van der Waals surface area contributed by atoms with Crippen LogP contribution >= 0.6 is 11.3 Å². The highest BCUT2D eigenvalue weighted by Gasteiger charge is 2.16. The monoisotopic (exact) mass is 380 g/mol. The number of benzene rings is 2. The van der Waals surface area contributed by atoms with Crippen LogP contribution in [0.5, 0.6) is 5.75 Å². The van der Waals surface area contributed by atoms with Gasteiger partial charge in [-0.25, -0.2) is 4.98 Å². The Morgan fingerprint density at radius 2 is 1.89 bits per heavy atom. The number of aryl methyl sites for hydroxylation is 2. The largest absolute Gasteiger partial charge is 0.481 e. The summed E-state index contributed by atoms with van der Waals surface area (Å²) in [5, 5.41) is 5.84. The minimum Gasteiger partial charge on any atom is -0.481 e. The maximum atomic E-state index is 12.4. The molecule has 0 aliphatic heterocycles. The topological polar surface area (TPSA) is 51.2 Å². The Kier molecular flexibility index (Phi) is 5.91. The summed E-state index contributed by atoms with van der Waals surface area (Å²) in [4.78, 5) is 17.0. The molecule has 0 saturated carbocycles. The Labute approximate surface area is 164 Å². The van der Waals surface area contributed by atoms with Gasteiger partial charge in [0.05, 0.1) is 12.2 Å². The number of hydrogen-bond acceptors (Lipinski definition) is 4. The number of carbonyl (C=O) groups excluding carboxylic acids is 1. The van der Waals surface area contributed by atoms with E-state index in [2.05, 4.69) is 41.5 Å². The Bertz CT molecular complexity index is 932. The van der Waals surface area contributed by atoms with Gasteiger partial charge in [0.15, 0.2) is 6.10 Å². The third kappa shape index (κ3) is 4.74. The fourth-order valence-corrected chi connectivity index (χ4v) is 3.46. The Morgan fingerprint density at radius 3 is 2.63 bits per heavy atom. The van der Waals surface area contributed by atoms with Crippen LogP contribution in [0.25, 0.3) is 10.6 Å². The summed E-state index contributed by atoms with van der Waals surface area (Å²) in [5.74, 6) is 0.591. The van der Waals surface area contributed by atoms with Crippen molar-refractivity contribution in [3.05, 3.63) is 70.2 Å². The van der Waals surface area contributed by atoms with Crippen molar-refractivity contribution in [3.8, 4) is 16.3 Å². The van der Waals surface area contributed by atoms with Crippen LogP contribution in [0.15, 0.2) is 47.8 Å². The fourth-order valence-electron chi connectivity index (χ4n) is 2.63. The van der Waals surface area contributed by atoms with E-state index in [0.717, 1.165) is 33.1 Å². The molecular formula is C22H24N2O2S. The second-order valence-electron chi connectivity index (χ2n) is 6.69. The maximum absolute atomic E-state index is 12.4. The van der Waals surface area contributed by atoms with Gasteiger partial charge in [-0.05, 0) is 44.9 Å². The summed E-state index contributed by atoms with van der Waals surface area (Å²) in [7, 11) is 0. The Morgan fingerprint density at radius 1 is 1.15 bits per heavy atom. The minimum absolute atomic E-state index is 0.152. The highest BCUT2D eigenvalue weighted by Crippen LogP contribution is 2.24. The molecule has 0 spiro atoms. The first-order chi connectivity index (χ1) is 12.9. The van der Waals surface area contributed by atoms with Gasteiger partial charge in [-0.1, -0.05) is 42.0 Å². The van der Waals surface area contributed by atoms with E-state index in [1.54, 1.807) is 18.3 Å². The van der Waals surface area contributed by atoms with E-state index in [9.17, 15) is 4.79 Å². The number of aromatic nitrogens is 1. The average molecular weight is 381 g/mol. The molecule has 2 aromatic carbocycles. The van der Waals surface area contributed by atoms with Crippen molar-refractivity contribution >= 4 is 17.2 Å². The molecule has 1 N–H and O–H groups in total. The zero-order valence-corrected chi connectivity index (χ0v) is 16.9. The molecule has 1 heterocycles. The molecule has 4 nitrogen and oxygen atoms in total. The van der Waals surface area contributed by atoms with Crippen LogP contribution in [0.4, 0.5) is 0 Å². The predicted octanol–water partition coefficient (Wildman–Crippen LogP) is 4.82. The van der Waals surface area contributed by atoms with E-state index in [1.807, 2.05) is 37.4 Å². The van der Waals surface area contributed by atoms with Gasteiger partial charge in [0.25, 0.3) is 5.91 Å². The number of hydrogen-bond donors (Lipinski definition) is 1. The molecule has 3 rings (SSSR count). The van der Waals surface area contributed by atoms with Gasteiger partial charge in [-0.15, -0.1) is 11.3 Å². The number of carbonyl (C=O) groups is 1. The van der Waals surface area contributed by atoms with Gasteiger partial charge in [-0.3, -0.25) is 4.79 Å². The summed E-state index contributed by atoms with van der Waals surface area (Å²) in [6, 6.07) is 14.1. The average Bonchev–Trinajstić information content (AvgIpc) is 3.13. The molecule has 0 unspecified atom stereocenters. The molecule has 0 aliphatic carbocycles. The molecule has 27 heavy (non-hydrogen) atoms. The molecule has 0 aliphatic rings. The normalized spacial score (nSPS) is 11.9. The summed E-state index contributed by atoms with van der Waals surface area (Å²) >= 11 is 1.58. The Balaban J connectivity index is 1.57. The molecule has 1 atom stereocenters. The van der Waals surface area contributed by atoms with Crippen molar-refractivity contribution in [2.75, 3.05) is 0 Å².